The van der Waals surface area contributed by atoms with Gasteiger partial charge in [0.15, 0.2) is 17.6 Å². The molecule has 0 aliphatic carbocycles. The Morgan fingerprint density at radius 3 is 2.74 bits per heavy atom. The molecule has 1 rings (SSSR count). The molecule has 0 radical (unpaired) electrons. The third kappa shape index (κ3) is 4.13. The summed E-state index contributed by atoms with van der Waals surface area (Å²) in [6.07, 6.45) is -0.0347. The van der Waals surface area contributed by atoms with Gasteiger partial charge in [-0.2, -0.15) is 0 Å². The molecular formula is C14H21NO4. The van der Waals surface area contributed by atoms with Crippen LogP contribution in [0.15, 0.2) is 18.2 Å². The first-order valence-electron chi connectivity index (χ1n) is 6.33. The highest BCUT2D eigenvalue weighted by Gasteiger charge is 2.19. The predicted octanol–water partition coefficient (Wildman–Crippen LogP) is 1.53. The van der Waals surface area contributed by atoms with Crippen molar-refractivity contribution in [3.05, 3.63) is 23.8 Å². The van der Waals surface area contributed by atoms with Crippen molar-refractivity contribution in [2.45, 2.75) is 26.4 Å². The fourth-order valence-corrected chi connectivity index (χ4v) is 1.71. The molecule has 0 fully saturated rings. The number of esters is 1. The number of para-hydroxylation sites is 1. The van der Waals surface area contributed by atoms with Gasteiger partial charge in [-0.15, -0.1) is 0 Å². The van der Waals surface area contributed by atoms with Crippen LogP contribution in [-0.4, -0.2) is 32.3 Å². The van der Waals surface area contributed by atoms with Crippen molar-refractivity contribution in [1.82, 2.24) is 0 Å². The molecule has 19 heavy (non-hydrogen) atoms. The number of rotatable bonds is 7. The quantitative estimate of drug-likeness (QED) is 0.758. The fourth-order valence-electron chi connectivity index (χ4n) is 1.71. The smallest absolute Gasteiger partial charge is 0.346 e. The summed E-state index contributed by atoms with van der Waals surface area (Å²) < 4.78 is 15.9. The van der Waals surface area contributed by atoms with E-state index in [4.69, 9.17) is 15.2 Å². The minimum atomic E-state index is -0.692. The van der Waals surface area contributed by atoms with E-state index in [0.717, 1.165) is 5.56 Å². The molecule has 1 aromatic rings. The molecule has 0 aromatic heterocycles. The molecular weight excluding hydrogens is 246 g/mol. The van der Waals surface area contributed by atoms with Crippen molar-refractivity contribution in [1.29, 1.82) is 0 Å². The number of carbonyl (C=O) groups excluding carboxylic acids is 1. The van der Waals surface area contributed by atoms with Crippen LogP contribution in [0.25, 0.3) is 0 Å². The van der Waals surface area contributed by atoms with Gasteiger partial charge in [0, 0.05) is 0 Å². The summed E-state index contributed by atoms with van der Waals surface area (Å²) in [5.74, 6) is 0.752. The first kappa shape index (κ1) is 15.3. The molecule has 1 atom stereocenters. The van der Waals surface area contributed by atoms with E-state index >= 15 is 0 Å². The van der Waals surface area contributed by atoms with Crippen LogP contribution in [0.4, 0.5) is 0 Å². The highest BCUT2D eigenvalue weighted by molar-refractivity contribution is 5.74. The standard InChI is InChI=1S/C14H21NO4/c1-4-18-12-7-5-6-11(8-9-15)13(12)19-10(2)14(16)17-3/h5-7,10H,4,8-9,15H2,1-3H3. The van der Waals surface area contributed by atoms with Gasteiger partial charge < -0.3 is 19.9 Å². The number of hydrogen-bond acceptors (Lipinski definition) is 5. The third-order valence-corrected chi connectivity index (χ3v) is 2.60. The van der Waals surface area contributed by atoms with Gasteiger partial charge in [-0.25, -0.2) is 4.79 Å². The van der Waals surface area contributed by atoms with E-state index < -0.39 is 12.1 Å². The van der Waals surface area contributed by atoms with Crippen LogP contribution in [0.1, 0.15) is 19.4 Å². The Labute approximate surface area is 113 Å². The molecule has 1 unspecified atom stereocenters. The lowest BCUT2D eigenvalue weighted by molar-refractivity contribution is -0.147. The van der Waals surface area contributed by atoms with Gasteiger partial charge in [0.25, 0.3) is 0 Å². The maximum absolute atomic E-state index is 11.4. The SMILES string of the molecule is CCOc1cccc(CCN)c1OC(C)C(=O)OC. The Morgan fingerprint density at radius 2 is 2.16 bits per heavy atom. The zero-order chi connectivity index (χ0) is 14.3. The van der Waals surface area contributed by atoms with Crippen molar-refractivity contribution < 1.29 is 19.0 Å². The summed E-state index contributed by atoms with van der Waals surface area (Å²) in [7, 11) is 1.33. The van der Waals surface area contributed by atoms with E-state index in [9.17, 15) is 4.79 Å². The van der Waals surface area contributed by atoms with E-state index in [1.165, 1.54) is 7.11 Å². The van der Waals surface area contributed by atoms with Crippen LogP contribution < -0.4 is 15.2 Å². The number of hydrogen-bond donors (Lipinski definition) is 1. The number of methoxy groups -OCH3 is 1. The minimum Gasteiger partial charge on any atom is -0.490 e. The lowest BCUT2D eigenvalue weighted by atomic mass is 10.1. The van der Waals surface area contributed by atoms with E-state index in [0.29, 0.717) is 31.1 Å². The molecule has 1 aromatic carbocycles. The van der Waals surface area contributed by atoms with Crippen LogP contribution in [-0.2, 0) is 16.0 Å². The summed E-state index contributed by atoms with van der Waals surface area (Å²) in [6.45, 7) is 4.55. The van der Waals surface area contributed by atoms with E-state index in [2.05, 4.69) is 4.74 Å². The number of carbonyl (C=O) groups is 1. The molecule has 0 saturated carbocycles. The lowest BCUT2D eigenvalue weighted by Crippen LogP contribution is -2.25. The van der Waals surface area contributed by atoms with Gasteiger partial charge in [0.1, 0.15) is 0 Å². The average molecular weight is 267 g/mol. The molecule has 0 amide bonds. The van der Waals surface area contributed by atoms with Crippen LogP contribution in [0, 0.1) is 0 Å². The highest BCUT2D eigenvalue weighted by Crippen LogP contribution is 2.32. The zero-order valence-electron chi connectivity index (χ0n) is 11.6. The van der Waals surface area contributed by atoms with Gasteiger partial charge in [0.2, 0.25) is 0 Å². The van der Waals surface area contributed by atoms with Crippen LogP contribution in [0.5, 0.6) is 11.5 Å². The number of ether oxygens (including phenoxy) is 3. The molecule has 5 nitrogen and oxygen atoms in total. The Balaban J connectivity index is 3.02. The van der Waals surface area contributed by atoms with Crippen molar-refractivity contribution in [2.75, 3.05) is 20.3 Å². The zero-order valence-corrected chi connectivity index (χ0v) is 11.6. The molecule has 0 aliphatic rings. The van der Waals surface area contributed by atoms with Crippen molar-refractivity contribution in [3.8, 4) is 11.5 Å². The van der Waals surface area contributed by atoms with Crippen LogP contribution in [0.3, 0.4) is 0 Å². The van der Waals surface area contributed by atoms with Crippen molar-refractivity contribution in [2.24, 2.45) is 5.73 Å². The van der Waals surface area contributed by atoms with Gasteiger partial charge in [-0.05, 0) is 38.4 Å². The Hall–Kier alpha value is -1.75. The largest absolute Gasteiger partial charge is 0.490 e. The van der Waals surface area contributed by atoms with Gasteiger partial charge >= 0.3 is 5.97 Å². The molecule has 106 valence electrons. The molecule has 0 spiro atoms. The summed E-state index contributed by atoms with van der Waals surface area (Å²) in [5, 5.41) is 0. The lowest BCUT2D eigenvalue weighted by Gasteiger charge is -2.18. The second kappa shape index (κ2) is 7.63. The maximum atomic E-state index is 11.4. The first-order valence-corrected chi connectivity index (χ1v) is 6.33. The molecule has 0 bridgehead atoms. The van der Waals surface area contributed by atoms with Crippen LogP contribution >= 0.6 is 0 Å². The normalized spacial score (nSPS) is 11.8. The molecule has 0 saturated heterocycles. The monoisotopic (exact) mass is 267 g/mol. The fraction of sp³-hybridized carbons (Fsp3) is 0.500. The average Bonchev–Trinajstić information content (AvgIpc) is 2.41. The topological polar surface area (TPSA) is 70.8 Å². The van der Waals surface area contributed by atoms with E-state index in [-0.39, 0.29) is 0 Å². The molecule has 0 aliphatic heterocycles. The summed E-state index contributed by atoms with van der Waals surface area (Å²) >= 11 is 0. The second-order valence-electron chi connectivity index (χ2n) is 4.00. The van der Waals surface area contributed by atoms with Crippen LogP contribution in [0.2, 0.25) is 0 Å². The number of benzene rings is 1. The third-order valence-electron chi connectivity index (χ3n) is 2.60. The second-order valence-corrected chi connectivity index (χ2v) is 4.00. The first-order chi connectivity index (χ1) is 9.13. The van der Waals surface area contributed by atoms with Crippen molar-refractivity contribution in [3.63, 3.8) is 0 Å². The maximum Gasteiger partial charge on any atom is 0.346 e. The Kier molecular flexibility index (Phi) is 6.15. The van der Waals surface area contributed by atoms with Gasteiger partial charge in [-0.1, -0.05) is 12.1 Å². The predicted molar refractivity (Wildman–Crippen MR) is 72.5 cm³/mol. The van der Waals surface area contributed by atoms with Crippen molar-refractivity contribution >= 4 is 5.97 Å². The molecule has 2 N–H and O–H groups in total. The Morgan fingerprint density at radius 1 is 1.42 bits per heavy atom. The molecule has 0 heterocycles. The Bertz CT molecular complexity index is 396. The number of nitrogens with two attached hydrogens (primary N) is 1. The van der Waals surface area contributed by atoms with Gasteiger partial charge in [0.05, 0.1) is 13.7 Å². The van der Waals surface area contributed by atoms with E-state index in [1.807, 2.05) is 25.1 Å². The molecule has 5 heteroatoms. The highest BCUT2D eigenvalue weighted by atomic mass is 16.6. The summed E-state index contributed by atoms with van der Waals surface area (Å²) in [6, 6.07) is 5.60. The summed E-state index contributed by atoms with van der Waals surface area (Å²) in [5.41, 5.74) is 6.50. The van der Waals surface area contributed by atoms with E-state index in [1.54, 1.807) is 6.92 Å². The van der Waals surface area contributed by atoms with Gasteiger partial charge in [-0.3, -0.25) is 0 Å². The minimum absolute atomic E-state index is 0.426. The summed E-state index contributed by atoms with van der Waals surface area (Å²) in [4.78, 5) is 11.4.